The van der Waals surface area contributed by atoms with Crippen molar-refractivity contribution in [2.45, 2.75) is 11.8 Å². The molecule has 33 heavy (non-hydrogen) atoms. The Morgan fingerprint density at radius 1 is 0.909 bits per heavy atom. The molecule has 0 saturated carbocycles. The number of hydrogen-bond donors (Lipinski definition) is 1. The summed E-state index contributed by atoms with van der Waals surface area (Å²) in [6.07, 6.45) is 0. The normalized spacial score (nSPS) is 11.7. The zero-order chi connectivity index (χ0) is 23.2. The van der Waals surface area contributed by atoms with Crippen molar-refractivity contribution in [3.8, 4) is 17.1 Å². The molecule has 0 bridgehead atoms. The molecule has 0 fully saturated rings. The molecule has 2 aromatic heterocycles. The first-order chi connectivity index (χ1) is 15.8. The Hall–Kier alpha value is -4.31. The fraction of sp³-hybridized carbons (Fsp3) is 0.0435. The van der Waals surface area contributed by atoms with Gasteiger partial charge in [0.15, 0.2) is 5.82 Å². The van der Waals surface area contributed by atoms with Gasteiger partial charge in [0.2, 0.25) is 11.7 Å². The van der Waals surface area contributed by atoms with Gasteiger partial charge in [0, 0.05) is 12.5 Å². The van der Waals surface area contributed by atoms with Gasteiger partial charge >= 0.3 is 0 Å². The summed E-state index contributed by atoms with van der Waals surface area (Å²) in [7, 11) is -3.98. The second-order valence-corrected chi connectivity index (χ2v) is 9.01. The van der Waals surface area contributed by atoms with Gasteiger partial charge < -0.3 is 0 Å². The lowest BCUT2D eigenvalue weighted by Gasteiger charge is -2.10. The number of hydrogen-bond acceptors (Lipinski definition) is 6. The first kappa shape index (κ1) is 20.6. The number of nitrogens with zero attached hydrogens (tertiary/aromatic N) is 4. The van der Waals surface area contributed by atoms with E-state index in [0.717, 1.165) is 12.5 Å². The molecule has 0 atom stereocenters. The molecule has 1 amide bonds. The number of rotatable bonds is 4. The maximum absolute atomic E-state index is 13.1. The minimum atomic E-state index is -3.98. The molecule has 0 aliphatic rings. The van der Waals surface area contributed by atoms with Crippen LogP contribution in [0.25, 0.3) is 33.8 Å². The number of fused-ring (bicyclic) bond motifs is 2. The minimum Gasteiger partial charge on any atom is -0.274 e. The smallest absolute Gasteiger partial charge is 0.274 e. The van der Waals surface area contributed by atoms with Crippen LogP contribution in [0.1, 0.15) is 6.92 Å². The van der Waals surface area contributed by atoms with Crippen LogP contribution in [0.3, 0.4) is 0 Å². The predicted molar refractivity (Wildman–Crippen MR) is 123 cm³/mol. The molecule has 0 aliphatic carbocycles. The standard InChI is InChI=1S/C23H17N5O4S/c1-15(29)26-33(31,32)18-13-11-17(12-14-18)27-21(16-7-3-2-4-8-16)25-28-22(30)19-9-5-6-10-20(19)24-23(27)28/h2-14H,1H3,(H,26,29). The van der Waals surface area contributed by atoms with Crippen LogP contribution in [0.2, 0.25) is 0 Å². The van der Waals surface area contributed by atoms with Crippen LogP contribution in [0, 0.1) is 0 Å². The van der Waals surface area contributed by atoms with Crippen molar-refractivity contribution in [1.82, 2.24) is 23.9 Å². The van der Waals surface area contributed by atoms with Gasteiger partial charge in [-0.3, -0.25) is 14.2 Å². The molecule has 0 unspecified atom stereocenters. The van der Waals surface area contributed by atoms with Crippen LogP contribution in [0.15, 0.2) is 88.6 Å². The number of para-hydroxylation sites is 1. The third-order valence-electron chi connectivity index (χ3n) is 5.06. The topological polar surface area (TPSA) is 115 Å². The number of aromatic nitrogens is 4. The summed E-state index contributed by atoms with van der Waals surface area (Å²) in [5.74, 6) is 0.0736. The average Bonchev–Trinajstić information content (AvgIpc) is 3.19. The molecule has 5 rings (SSSR count). The van der Waals surface area contributed by atoms with E-state index in [-0.39, 0.29) is 16.2 Å². The van der Waals surface area contributed by atoms with Crippen molar-refractivity contribution in [3.63, 3.8) is 0 Å². The summed E-state index contributed by atoms with van der Waals surface area (Å²) in [6.45, 7) is 1.13. The Morgan fingerprint density at radius 3 is 2.27 bits per heavy atom. The maximum atomic E-state index is 13.1. The van der Waals surface area contributed by atoms with Gasteiger partial charge in [-0.25, -0.2) is 18.1 Å². The van der Waals surface area contributed by atoms with Gasteiger partial charge in [-0.1, -0.05) is 42.5 Å². The van der Waals surface area contributed by atoms with E-state index in [0.29, 0.717) is 22.4 Å². The number of sulfonamides is 1. The number of nitrogens with one attached hydrogen (secondary N) is 1. The van der Waals surface area contributed by atoms with Gasteiger partial charge in [-0.15, -0.1) is 5.10 Å². The Labute approximate surface area is 188 Å². The summed E-state index contributed by atoms with van der Waals surface area (Å²) in [6, 6.07) is 22.2. The van der Waals surface area contributed by atoms with Crippen LogP contribution in [-0.2, 0) is 14.8 Å². The molecule has 2 heterocycles. The van der Waals surface area contributed by atoms with Gasteiger partial charge in [-0.05, 0) is 36.4 Å². The van der Waals surface area contributed by atoms with E-state index in [9.17, 15) is 18.0 Å². The van der Waals surface area contributed by atoms with Gasteiger partial charge in [0.1, 0.15) is 0 Å². The number of benzene rings is 3. The first-order valence-corrected chi connectivity index (χ1v) is 11.4. The largest absolute Gasteiger partial charge is 0.283 e. The van der Waals surface area contributed by atoms with Crippen molar-refractivity contribution in [2.75, 3.05) is 0 Å². The SMILES string of the molecule is CC(=O)NS(=O)(=O)c1ccc(-n2c(-c3ccccc3)nn3c(=O)c4ccccc4nc23)cc1. The van der Waals surface area contributed by atoms with Crippen molar-refractivity contribution in [2.24, 2.45) is 0 Å². The van der Waals surface area contributed by atoms with E-state index in [1.807, 2.05) is 35.1 Å². The monoisotopic (exact) mass is 459 g/mol. The Bertz CT molecular complexity index is 1690. The highest BCUT2D eigenvalue weighted by Crippen LogP contribution is 2.25. The van der Waals surface area contributed by atoms with E-state index in [1.165, 1.54) is 16.6 Å². The second-order valence-electron chi connectivity index (χ2n) is 7.33. The molecule has 0 spiro atoms. The molecule has 3 aromatic carbocycles. The third kappa shape index (κ3) is 3.56. The van der Waals surface area contributed by atoms with E-state index >= 15 is 0 Å². The molecule has 0 radical (unpaired) electrons. The highest BCUT2D eigenvalue weighted by molar-refractivity contribution is 7.90. The van der Waals surface area contributed by atoms with Crippen LogP contribution in [0.4, 0.5) is 0 Å². The lowest BCUT2D eigenvalue weighted by molar-refractivity contribution is -0.117. The maximum Gasteiger partial charge on any atom is 0.283 e. The molecule has 0 saturated heterocycles. The molecular weight excluding hydrogens is 442 g/mol. The summed E-state index contributed by atoms with van der Waals surface area (Å²) in [4.78, 5) is 29.0. The molecule has 0 aliphatic heterocycles. The Morgan fingerprint density at radius 2 is 1.58 bits per heavy atom. The first-order valence-electron chi connectivity index (χ1n) is 9.95. The predicted octanol–water partition coefficient (Wildman–Crippen LogP) is 2.53. The zero-order valence-corrected chi connectivity index (χ0v) is 18.2. The highest BCUT2D eigenvalue weighted by Gasteiger charge is 2.20. The van der Waals surface area contributed by atoms with E-state index in [2.05, 4.69) is 10.1 Å². The van der Waals surface area contributed by atoms with Crippen molar-refractivity contribution in [1.29, 1.82) is 0 Å². The number of carbonyl (C=O) groups excluding carboxylic acids is 1. The van der Waals surface area contributed by atoms with Crippen LogP contribution < -0.4 is 10.3 Å². The Balaban J connectivity index is 1.78. The number of amides is 1. The molecule has 5 aromatic rings. The molecule has 164 valence electrons. The molecule has 9 nitrogen and oxygen atoms in total. The van der Waals surface area contributed by atoms with Crippen LogP contribution in [0.5, 0.6) is 0 Å². The minimum absolute atomic E-state index is 0.0669. The van der Waals surface area contributed by atoms with Gasteiger partial charge in [0.25, 0.3) is 15.6 Å². The summed E-state index contributed by atoms with van der Waals surface area (Å²) < 4.78 is 29.5. The average molecular weight is 459 g/mol. The highest BCUT2D eigenvalue weighted by atomic mass is 32.2. The quantitative estimate of drug-likeness (QED) is 0.442. The summed E-state index contributed by atoms with van der Waals surface area (Å²) >= 11 is 0. The Kier molecular flexibility index (Phi) is 4.79. The molecule has 1 N–H and O–H groups in total. The second kappa shape index (κ2) is 7.68. The fourth-order valence-corrected chi connectivity index (χ4v) is 4.61. The lowest BCUT2D eigenvalue weighted by atomic mass is 10.2. The van der Waals surface area contributed by atoms with E-state index < -0.39 is 15.9 Å². The van der Waals surface area contributed by atoms with Crippen molar-refractivity contribution >= 4 is 32.6 Å². The molecular formula is C23H17N5O4S. The van der Waals surface area contributed by atoms with E-state index in [1.54, 1.807) is 41.0 Å². The van der Waals surface area contributed by atoms with Gasteiger partial charge in [-0.2, -0.15) is 4.52 Å². The number of carbonyl (C=O) groups is 1. The summed E-state index contributed by atoms with van der Waals surface area (Å²) in [5, 5.41) is 4.99. The molecule has 10 heteroatoms. The fourth-order valence-electron chi connectivity index (χ4n) is 3.62. The van der Waals surface area contributed by atoms with Crippen molar-refractivity contribution < 1.29 is 13.2 Å². The van der Waals surface area contributed by atoms with Crippen molar-refractivity contribution in [3.05, 3.63) is 89.2 Å². The summed E-state index contributed by atoms with van der Waals surface area (Å²) in [5.41, 5.74) is 1.51. The lowest BCUT2D eigenvalue weighted by Crippen LogP contribution is -2.28. The van der Waals surface area contributed by atoms with E-state index in [4.69, 9.17) is 0 Å². The van der Waals surface area contributed by atoms with Crippen LogP contribution >= 0.6 is 0 Å². The zero-order valence-electron chi connectivity index (χ0n) is 17.3. The third-order valence-corrected chi connectivity index (χ3v) is 6.51. The van der Waals surface area contributed by atoms with Crippen LogP contribution in [-0.4, -0.2) is 33.5 Å². The van der Waals surface area contributed by atoms with Gasteiger partial charge in [0.05, 0.1) is 21.5 Å².